The molecule has 0 unspecified atom stereocenters. The fraction of sp³-hybridized carbons (Fsp3) is 0.300. The van der Waals surface area contributed by atoms with Crippen LogP contribution in [0.1, 0.15) is 31.4 Å². The van der Waals surface area contributed by atoms with Gasteiger partial charge in [0.1, 0.15) is 5.82 Å². The fourth-order valence-corrected chi connectivity index (χ4v) is 3.80. The lowest BCUT2D eigenvalue weighted by molar-refractivity contribution is -0.146. The molecule has 4 N–H and O–H groups in total. The SMILES string of the molecule is C[C@H]1CC[C@H](c2ccc(F)c(F)c2)N(C(=O)C(=O)Nc2cnc(N)c3cn[nH]c23)C1. The van der Waals surface area contributed by atoms with E-state index in [-0.39, 0.29) is 17.4 Å². The molecule has 0 aliphatic carbocycles. The first kappa shape index (κ1) is 19.7. The molecule has 0 saturated carbocycles. The van der Waals surface area contributed by atoms with E-state index in [0.29, 0.717) is 29.4 Å². The van der Waals surface area contributed by atoms with E-state index >= 15 is 0 Å². The van der Waals surface area contributed by atoms with Gasteiger partial charge in [-0.1, -0.05) is 13.0 Å². The van der Waals surface area contributed by atoms with Crippen molar-refractivity contribution in [3.63, 3.8) is 0 Å². The van der Waals surface area contributed by atoms with Gasteiger partial charge in [-0.2, -0.15) is 5.10 Å². The number of carbonyl (C=O) groups excluding carboxylic acids is 2. The van der Waals surface area contributed by atoms with E-state index in [9.17, 15) is 18.4 Å². The summed E-state index contributed by atoms with van der Waals surface area (Å²) >= 11 is 0. The minimum Gasteiger partial charge on any atom is -0.383 e. The largest absolute Gasteiger partial charge is 0.383 e. The Morgan fingerprint density at radius 2 is 2.03 bits per heavy atom. The minimum absolute atomic E-state index is 0.167. The predicted octanol–water partition coefficient (Wildman–Crippen LogP) is 2.76. The van der Waals surface area contributed by atoms with Gasteiger partial charge in [0.2, 0.25) is 0 Å². The van der Waals surface area contributed by atoms with Crippen molar-refractivity contribution in [2.75, 3.05) is 17.6 Å². The molecule has 2 amide bonds. The maximum Gasteiger partial charge on any atom is 0.314 e. The molecule has 0 radical (unpaired) electrons. The molecular formula is C20H20F2N6O2. The number of amides is 2. The van der Waals surface area contributed by atoms with Gasteiger partial charge in [0.25, 0.3) is 0 Å². The van der Waals surface area contributed by atoms with Crippen molar-refractivity contribution in [2.45, 2.75) is 25.8 Å². The first-order valence-electron chi connectivity index (χ1n) is 9.49. The van der Waals surface area contributed by atoms with Crippen molar-refractivity contribution in [3.8, 4) is 0 Å². The molecule has 2 aromatic heterocycles. The van der Waals surface area contributed by atoms with Crippen LogP contribution in [0.5, 0.6) is 0 Å². The molecule has 1 aromatic carbocycles. The van der Waals surface area contributed by atoms with E-state index in [2.05, 4.69) is 20.5 Å². The van der Waals surface area contributed by atoms with Crippen LogP contribution in [0.2, 0.25) is 0 Å². The number of H-pyrrole nitrogens is 1. The summed E-state index contributed by atoms with van der Waals surface area (Å²) in [5.74, 6) is -3.16. The van der Waals surface area contributed by atoms with E-state index in [1.807, 2.05) is 6.92 Å². The van der Waals surface area contributed by atoms with E-state index in [1.54, 1.807) is 0 Å². The van der Waals surface area contributed by atoms with Gasteiger partial charge in [-0.3, -0.25) is 14.7 Å². The number of hydrogen-bond acceptors (Lipinski definition) is 5. The van der Waals surface area contributed by atoms with Gasteiger partial charge >= 0.3 is 11.8 Å². The highest BCUT2D eigenvalue weighted by Crippen LogP contribution is 2.34. The molecule has 1 saturated heterocycles. The number of aromatic amines is 1. The zero-order valence-electron chi connectivity index (χ0n) is 16.2. The Morgan fingerprint density at radius 3 is 2.80 bits per heavy atom. The Labute approximate surface area is 170 Å². The molecule has 3 heterocycles. The van der Waals surface area contributed by atoms with Crippen LogP contribution in [-0.2, 0) is 9.59 Å². The Hall–Kier alpha value is -3.56. The number of rotatable bonds is 2. The summed E-state index contributed by atoms with van der Waals surface area (Å²) in [5.41, 5.74) is 6.95. The van der Waals surface area contributed by atoms with Crippen LogP contribution < -0.4 is 11.1 Å². The van der Waals surface area contributed by atoms with Gasteiger partial charge in [-0.05, 0) is 36.5 Å². The van der Waals surface area contributed by atoms with Crippen LogP contribution in [0.25, 0.3) is 10.9 Å². The summed E-state index contributed by atoms with van der Waals surface area (Å²) in [7, 11) is 0. The number of anilines is 2. The molecule has 2 atom stereocenters. The quantitative estimate of drug-likeness (QED) is 0.558. The third kappa shape index (κ3) is 3.56. The lowest BCUT2D eigenvalue weighted by atomic mass is 9.89. The van der Waals surface area contributed by atoms with Crippen LogP contribution in [0.4, 0.5) is 20.3 Å². The highest BCUT2D eigenvalue weighted by Gasteiger charge is 2.34. The molecular weight excluding hydrogens is 394 g/mol. The Bertz CT molecular complexity index is 1130. The molecule has 30 heavy (non-hydrogen) atoms. The van der Waals surface area contributed by atoms with Crippen LogP contribution in [-0.4, -0.2) is 38.4 Å². The number of halogens is 2. The molecule has 0 spiro atoms. The number of carbonyl (C=O) groups is 2. The Balaban J connectivity index is 1.60. The van der Waals surface area contributed by atoms with E-state index < -0.39 is 29.5 Å². The predicted molar refractivity (Wildman–Crippen MR) is 106 cm³/mol. The number of hydrogen-bond donors (Lipinski definition) is 3. The van der Waals surface area contributed by atoms with Crippen molar-refractivity contribution in [1.29, 1.82) is 0 Å². The highest BCUT2D eigenvalue weighted by molar-refractivity contribution is 6.40. The summed E-state index contributed by atoms with van der Waals surface area (Å²) < 4.78 is 27.1. The van der Waals surface area contributed by atoms with Crippen LogP contribution >= 0.6 is 0 Å². The zero-order valence-corrected chi connectivity index (χ0v) is 16.2. The lowest BCUT2D eigenvalue weighted by Crippen LogP contribution is -2.46. The standard InChI is InChI=1S/C20H20F2N6O2/c1-10-2-5-16(11-3-4-13(21)14(22)6-11)28(9-10)20(30)19(29)26-15-8-24-18(23)12-7-25-27-17(12)15/h3-4,6-8,10,16H,2,5,9H2,1H3,(H2,23,24)(H,25,27)(H,26,29)/t10-,16+/m0/s1. The zero-order chi connectivity index (χ0) is 21.4. The molecule has 156 valence electrons. The number of nitrogens with zero attached hydrogens (tertiary/aromatic N) is 3. The summed E-state index contributed by atoms with van der Waals surface area (Å²) in [5, 5.41) is 9.67. The van der Waals surface area contributed by atoms with Gasteiger partial charge in [-0.25, -0.2) is 13.8 Å². The number of benzene rings is 1. The third-order valence-electron chi connectivity index (χ3n) is 5.37. The van der Waals surface area contributed by atoms with Gasteiger partial charge in [0.15, 0.2) is 11.6 Å². The molecule has 1 fully saturated rings. The van der Waals surface area contributed by atoms with Crippen molar-refractivity contribution < 1.29 is 18.4 Å². The van der Waals surface area contributed by atoms with Gasteiger partial charge in [0.05, 0.1) is 35.0 Å². The minimum atomic E-state index is -0.988. The second kappa shape index (κ2) is 7.69. The second-order valence-corrected chi connectivity index (χ2v) is 7.50. The number of likely N-dealkylation sites (tertiary alicyclic amines) is 1. The molecule has 1 aliphatic rings. The number of nitrogen functional groups attached to an aromatic ring is 1. The van der Waals surface area contributed by atoms with Crippen LogP contribution in [0.3, 0.4) is 0 Å². The fourth-order valence-electron chi connectivity index (χ4n) is 3.80. The molecule has 10 heteroatoms. The number of piperidine rings is 1. The summed E-state index contributed by atoms with van der Waals surface area (Å²) in [6.45, 7) is 2.30. The Kier molecular flexibility index (Phi) is 5.06. The van der Waals surface area contributed by atoms with E-state index in [4.69, 9.17) is 5.73 Å². The van der Waals surface area contributed by atoms with E-state index in [1.165, 1.54) is 23.4 Å². The van der Waals surface area contributed by atoms with Crippen molar-refractivity contribution in [3.05, 3.63) is 47.8 Å². The van der Waals surface area contributed by atoms with Gasteiger partial charge in [-0.15, -0.1) is 0 Å². The number of fused-ring (bicyclic) bond motifs is 1. The van der Waals surface area contributed by atoms with Crippen molar-refractivity contribution in [1.82, 2.24) is 20.1 Å². The Morgan fingerprint density at radius 1 is 1.23 bits per heavy atom. The number of aromatic nitrogens is 3. The molecule has 0 bridgehead atoms. The molecule has 1 aliphatic heterocycles. The normalized spacial score (nSPS) is 19.1. The molecule has 8 nitrogen and oxygen atoms in total. The smallest absolute Gasteiger partial charge is 0.314 e. The molecule has 3 aromatic rings. The summed E-state index contributed by atoms with van der Waals surface area (Å²) in [6.07, 6.45) is 4.15. The van der Waals surface area contributed by atoms with Crippen LogP contribution in [0.15, 0.2) is 30.6 Å². The van der Waals surface area contributed by atoms with Crippen molar-refractivity contribution >= 4 is 34.2 Å². The topological polar surface area (TPSA) is 117 Å². The monoisotopic (exact) mass is 414 g/mol. The summed E-state index contributed by atoms with van der Waals surface area (Å²) in [4.78, 5) is 31.1. The average molecular weight is 414 g/mol. The lowest BCUT2D eigenvalue weighted by Gasteiger charge is -2.38. The average Bonchev–Trinajstić information content (AvgIpc) is 3.23. The van der Waals surface area contributed by atoms with Gasteiger partial charge in [0, 0.05) is 6.54 Å². The number of pyridine rings is 1. The first-order valence-corrected chi connectivity index (χ1v) is 9.49. The van der Waals surface area contributed by atoms with Crippen LogP contribution in [0, 0.1) is 17.6 Å². The highest BCUT2D eigenvalue weighted by atomic mass is 19.2. The van der Waals surface area contributed by atoms with Gasteiger partial charge < -0.3 is 16.0 Å². The second-order valence-electron chi connectivity index (χ2n) is 7.50. The number of nitrogens with two attached hydrogens (primary N) is 1. The first-order chi connectivity index (χ1) is 14.3. The third-order valence-corrected chi connectivity index (χ3v) is 5.37. The maximum atomic E-state index is 13.8. The van der Waals surface area contributed by atoms with E-state index in [0.717, 1.165) is 18.6 Å². The molecule has 4 rings (SSSR count). The van der Waals surface area contributed by atoms with Crippen molar-refractivity contribution in [2.24, 2.45) is 5.92 Å². The number of nitrogens with one attached hydrogen (secondary N) is 2. The summed E-state index contributed by atoms with van der Waals surface area (Å²) in [6, 6.07) is 3.02. The maximum absolute atomic E-state index is 13.8.